The van der Waals surface area contributed by atoms with E-state index in [1.807, 2.05) is 4.90 Å². The molecule has 2 fully saturated rings. The second kappa shape index (κ2) is 8.68. The molecule has 3 atom stereocenters. The maximum atomic E-state index is 14.0. The Hall–Kier alpha value is -2.95. The number of aliphatic hydroxyl groups is 1. The molecule has 180 valence electrons. The zero-order chi connectivity index (χ0) is 24.0. The van der Waals surface area contributed by atoms with E-state index >= 15 is 0 Å². The van der Waals surface area contributed by atoms with E-state index in [9.17, 15) is 27.8 Å². The summed E-state index contributed by atoms with van der Waals surface area (Å²) in [5.74, 6) is -1.05. The molecule has 2 aromatic rings. The first kappa shape index (κ1) is 22.8. The summed E-state index contributed by atoms with van der Waals surface area (Å²) < 4.78 is 48.5. The minimum absolute atomic E-state index is 0.101. The largest absolute Gasteiger partial charge is 0.492 e. The third-order valence-corrected chi connectivity index (χ3v) is 8.02. The molecule has 10 heteroatoms. The first-order valence-corrected chi connectivity index (χ1v) is 12.6. The molecule has 2 aliphatic heterocycles. The van der Waals surface area contributed by atoms with Gasteiger partial charge in [0.05, 0.1) is 23.3 Å². The number of ether oxygens (including phenoxy) is 1. The fraction of sp³-hybridized carbons (Fsp3) is 0.375. The van der Waals surface area contributed by atoms with Crippen molar-refractivity contribution in [3.63, 3.8) is 0 Å². The molecule has 3 N–H and O–H groups in total. The zero-order valence-electron chi connectivity index (χ0n) is 18.3. The van der Waals surface area contributed by atoms with Crippen molar-refractivity contribution in [3.05, 3.63) is 58.9 Å². The molecule has 1 saturated carbocycles. The maximum Gasteiger partial charge on any atom is 0.341 e. The summed E-state index contributed by atoms with van der Waals surface area (Å²) in [5.41, 5.74) is 0.599. The number of carboxylic acid groups (broad SMARTS) is 1. The molecule has 5 rings (SSSR count). The number of carbonyl (C=O) groups is 1. The zero-order valence-corrected chi connectivity index (χ0v) is 19.1. The number of likely N-dealkylation sites (tertiary alicyclic amines) is 1. The van der Waals surface area contributed by atoms with Gasteiger partial charge in [0.2, 0.25) is 0 Å². The van der Waals surface area contributed by atoms with Gasteiger partial charge in [-0.3, -0.25) is 9.62 Å². The molecule has 3 aliphatic rings. The highest BCUT2D eigenvalue weighted by Gasteiger charge is 2.45. The third kappa shape index (κ3) is 4.40. The predicted octanol–water partition coefficient (Wildman–Crippen LogP) is 2.90. The highest BCUT2D eigenvalue weighted by atomic mass is 32.2. The molecule has 8 nitrogen and oxygen atoms in total. The van der Waals surface area contributed by atoms with Crippen LogP contribution in [0.25, 0.3) is 6.08 Å². The Morgan fingerprint density at radius 1 is 1.29 bits per heavy atom. The van der Waals surface area contributed by atoms with Crippen molar-refractivity contribution in [2.75, 3.05) is 31.0 Å². The van der Waals surface area contributed by atoms with Crippen LogP contribution in [0.4, 0.5) is 10.1 Å². The van der Waals surface area contributed by atoms with Gasteiger partial charge < -0.3 is 14.9 Å². The number of hydrogen-bond donors (Lipinski definition) is 3. The molecule has 2 heterocycles. The molecular formula is C24H25FN2O6S. The maximum absolute atomic E-state index is 14.0. The molecule has 0 radical (unpaired) electrons. The number of aliphatic hydroxyl groups excluding tert-OH is 1. The monoisotopic (exact) mass is 488 g/mol. The number of aromatic carboxylic acids is 1. The van der Waals surface area contributed by atoms with Crippen LogP contribution in [0.2, 0.25) is 0 Å². The Balaban J connectivity index is 1.44. The van der Waals surface area contributed by atoms with Gasteiger partial charge in [0, 0.05) is 25.6 Å². The van der Waals surface area contributed by atoms with E-state index in [2.05, 4.69) is 4.72 Å². The minimum atomic E-state index is -4.25. The molecule has 2 aromatic carbocycles. The standard InChI is InChI=1S/C24H25FN2O6S/c25-16-3-6-21(14(10-16)2-1-8-27-9-7-17(28)12-27)34(31,32)26-20-5-4-18-19-11-15(19)13-33-23(18)22(20)24(29)30/h1-6,10,15,17,19,26,28H,7-9,11-13H2,(H,29,30)/b2-1-/t15?,17-,19?/m1/s1. The highest BCUT2D eigenvalue weighted by Crippen LogP contribution is 2.55. The molecule has 1 saturated heterocycles. The average molecular weight is 489 g/mol. The Kier molecular flexibility index (Phi) is 5.83. The van der Waals surface area contributed by atoms with Crippen molar-refractivity contribution in [3.8, 4) is 5.75 Å². The Labute approximate surface area is 196 Å². The fourth-order valence-electron chi connectivity index (χ4n) is 4.75. The molecular weight excluding hydrogens is 463 g/mol. The van der Waals surface area contributed by atoms with Crippen LogP contribution < -0.4 is 9.46 Å². The van der Waals surface area contributed by atoms with Crippen molar-refractivity contribution in [1.82, 2.24) is 4.90 Å². The van der Waals surface area contributed by atoms with E-state index < -0.39 is 21.8 Å². The molecule has 0 aromatic heterocycles. The smallest absolute Gasteiger partial charge is 0.341 e. The van der Waals surface area contributed by atoms with Crippen LogP contribution in [0.1, 0.15) is 40.2 Å². The molecule has 1 aliphatic carbocycles. The van der Waals surface area contributed by atoms with Crippen molar-refractivity contribution in [2.45, 2.75) is 29.8 Å². The summed E-state index contributed by atoms with van der Waals surface area (Å²) in [6, 6.07) is 6.47. The van der Waals surface area contributed by atoms with Crippen molar-refractivity contribution in [1.29, 1.82) is 0 Å². The number of anilines is 1. The molecule has 0 amide bonds. The summed E-state index contributed by atoms with van der Waals surface area (Å²) >= 11 is 0. The van der Waals surface area contributed by atoms with Gasteiger partial charge in [-0.2, -0.15) is 0 Å². The summed E-state index contributed by atoms with van der Waals surface area (Å²) in [4.78, 5) is 13.9. The Bertz CT molecular complexity index is 1280. The van der Waals surface area contributed by atoms with Crippen LogP contribution in [-0.4, -0.2) is 61.8 Å². The van der Waals surface area contributed by atoms with Gasteiger partial charge in [-0.25, -0.2) is 17.6 Å². The Morgan fingerprint density at radius 2 is 2.12 bits per heavy atom. The van der Waals surface area contributed by atoms with Crippen LogP contribution in [0.3, 0.4) is 0 Å². The van der Waals surface area contributed by atoms with E-state index in [1.54, 1.807) is 12.1 Å². The third-order valence-electron chi connectivity index (χ3n) is 6.58. The number of fused-ring (bicyclic) bond motifs is 3. The number of rotatable bonds is 7. The van der Waals surface area contributed by atoms with Gasteiger partial charge in [-0.15, -0.1) is 0 Å². The van der Waals surface area contributed by atoms with E-state index in [-0.39, 0.29) is 39.5 Å². The van der Waals surface area contributed by atoms with Crippen LogP contribution in [-0.2, 0) is 10.0 Å². The minimum Gasteiger partial charge on any atom is -0.492 e. The van der Waals surface area contributed by atoms with Gasteiger partial charge in [0.25, 0.3) is 10.0 Å². The van der Waals surface area contributed by atoms with Gasteiger partial charge in [0.15, 0.2) is 0 Å². The first-order chi connectivity index (χ1) is 16.2. The quantitative estimate of drug-likeness (QED) is 0.549. The van der Waals surface area contributed by atoms with Gasteiger partial charge in [0.1, 0.15) is 17.1 Å². The number of sulfonamides is 1. The number of nitrogens with one attached hydrogen (secondary N) is 1. The van der Waals surface area contributed by atoms with Crippen LogP contribution >= 0.6 is 0 Å². The second-order valence-corrected chi connectivity index (χ2v) is 10.7. The predicted molar refractivity (Wildman–Crippen MR) is 123 cm³/mol. The van der Waals surface area contributed by atoms with Crippen molar-refractivity contribution < 1.29 is 32.6 Å². The number of carboxylic acids is 1. The van der Waals surface area contributed by atoms with E-state index in [0.29, 0.717) is 32.0 Å². The molecule has 2 unspecified atom stereocenters. The van der Waals surface area contributed by atoms with E-state index in [4.69, 9.17) is 4.74 Å². The van der Waals surface area contributed by atoms with Crippen molar-refractivity contribution in [2.24, 2.45) is 5.92 Å². The summed E-state index contributed by atoms with van der Waals surface area (Å²) in [6.07, 6.45) is 4.46. The Morgan fingerprint density at radius 3 is 2.85 bits per heavy atom. The molecule has 0 bridgehead atoms. The number of benzene rings is 2. The first-order valence-electron chi connectivity index (χ1n) is 11.2. The lowest BCUT2D eigenvalue weighted by Crippen LogP contribution is -2.22. The summed E-state index contributed by atoms with van der Waals surface area (Å²) in [5, 5.41) is 19.5. The fourth-order valence-corrected chi connectivity index (χ4v) is 6.00. The molecule has 34 heavy (non-hydrogen) atoms. The number of hydrogen-bond acceptors (Lipinski definition) is 6. The van der Waals surface area contributed by atoms with E-state index in [1.165, 1.54) is 12.1 Å². The van der Waals surface area contributed by atoms with Crippen LogP contribution in [0, 0.1) is 11.7 Å². The average Bonchev–Trinajstić information content (AvgIpc) is 3.46. The normalized spacial score (nSPS) is 23.9. The number of halogens is 1. The van der Waals surface area contributed by atoms with Gasteiger partial charge >= 0.3 is 5.97 Å². The molecule has 0 spiro atoms. The van der Waals surface area contributed by atoms with Gasteiger partial charge in [-0.05, 0) is 54.2 Å². The SMILES string of the molecule is O=C(O)c1c(NS(=O)(=O)c2ccc(F)cc2/C=C\CN2CC[C@@H](O)C2)ccc2c1OCC1CC21. The lowest BCUT2D eigenvalue weighted by atomic mass is 10.0. The van der Waals surface area contributed by atoms with Crippen LogP contribution in [0.5, 0.6) is 5.75 Å². The number of β-amino-alcohol motifs (C(OH)–C–C–N with tert-alkyl or cyclic N) is 1. The number of nitrogens with zero attached hydrogens (tertiary/aromatic N) is 1. The van der Waals surface area contributed by atoms with Gasteiger partial charge in [-0.1, -0.05) is 18.2 Å². The lowest BCUT2D eigenvalue weighted by molar-refractivity contribution is 0.0692. The van der Waals surface area contributed by atoms with Crippen LogP contribution in [0.15, 0.2) is 41.3 Å². The van der Waals surface area contributed by atoms with E-state index in [0.717, 1.165) is 36.7 Å². The topological polar surface area (TPSA) is 116 Å². The summed E-state index contributed by atoms with van der Waals surface area (Å²) in [6.45, 7) is 2.14. The van der Waals surface area contributed by atoms with Crippen molar-refractivity contribution >= 4 is 27.8 Å². The lowest BCUT2D eigenvalue weighted by Gasteiger charge is -2.21. The second-order valence-electron chi connectivity index (χ2n) is 9.02. The summed E-state index contributed by atoms with van der Waals surface area (Å²) in [7, 11) is -4.25. The highest BCUT2D eigenvalue weighted by molar-refractivity contribution is 7.92.